The van der Waals surface area contributed by atoms with Crippen molar-refractivity contribution < 1.29 is 9.90 Å². The summed E-state index contributed by atoms with van der Waals surface area (Å²) in [5, 5.41) is 14.3. The number of β-amino-alcohol motifs (C(OH)–C–C–N with tert-alkyl or cyclic N) is 1. The standard InChI is InChI=1S/C26H32N8O2/c1-15-7-16(2)9-19(8-15)30-26-29-11-18-12-34(13-22(18)31-26)23-5-6-33(14-24(23)35)25(36)17-3-4-21(32-28)20(27)10-17/h3-4,7-11,23-24,32,35H,5-6,12-14,27-28H2,1-2H3,(H,29,30,31). The highest BCUT2D eigenvalue weighted by Gasteiger charge is 2.37. The molecule has 5 rings (SSSR count). The number of hydrogen-bond acceptors (Lipinski definition) is 9. The van der Waals surface area contributed by atoms with Crippen molar-refractivity contribution in [1.82, 2.24) is 19.8 Å². The summed E-state index contributed by atoms with van der Waals surface area (Å²) in [6, 6.07) is 11.2. The van der Waals surface area contributed by atoms with Crippen molar-refractivity contribution in [3.05, 3.63) is 70.5 Å². The SMILES string of the molecule is Cc1cc(C)cc(Nc2ncc3c(n2)CN(C2CCN(C(=O)c4ccc(NN)c(N)c4)CC2O)C3)c1. The van der Waals surface area contributed by atoms with Crippen molar-refractivity contribution in [3.8, 4) is 0 Å². The molecule has 36 heavy (non-hydrogen) atoms. The highest BCUT2D eigenvalue weighted by Crippen LogP contribution is 2.29. The molecule has 1 fully saturated rings. The number of aromatic nitrogens is 2. The van der Waals surface area contributed by atoms with Crippen LogP contribution < -0.4 is 22.3 Å². The Morgan fingerprint density at radius 2 is 1.92 bits per heavy atom. The van der Waals surface area contributed by atoms with E-state index in [2.05, 4.69) is 52.7 Å². The third-order valence-corrected chi connectivity index (χ3v) is 6.91. The Morgan fingerprint density at radius 3 is 2.61 bits per heavy atom. The molecular weight excluding hydrogens is 456 g/mol. The van der Waals surface area contributed by atoms with Crippen LogP contribution in [0.5, 0.6) is 0 Å². The van der Waals surface area contributed by atoms with Crippen molar-refractivity contribution in [3.63, 3.8) is 0 Å². The number of aliphatic hydroxyl groups excluding tert-OH is 1. The van der Waals surface area contributed by atoms with Gasteiger partial charge in [0.15, 0.2) is 0 Å². The lowest BCUT2D eigenvalue weighted by Crippen LogP contribution is -2.54. The second-order valence-corrected chi connectivity index (χ2v) is 9.69. The minimum atomic E-state index is -0.667. The molecule has 0 aliphatic carbocycles. The van der Waals surface area contributed by atoms with E-state index in [0.717, 1.165) is 16.9 Å². The first-order valence-electron chi connectivity index (χ1n) is 12.1. The van der Waals surface area contributed by atoms with Gasteiger partial charge in [-0.15, -0.1) is 0 Å². The van der Waals surface area contributed by atoms with E-state index >= 15 is 0 Å². The molecule has 2 atom stereocenters. The number of likely N-dealkylation sites (tertiary alicyclic amines) is 1. The summed E-state index contributed by atoms with van der Waals surface area (Å²) in [6.45, 7) is 6.26. The van der Waals surface area contributed by atoms with E-state index in [1.165, 1.54) is 11.1 Å². The van der Waals surface area contributed by atoms with Gasteiger partial charge in [-0.25, -0.2) is 9.97 Å². The van der Waals surface area contributed by atoms with Gasteiger partial charge in [0, 0.05) is 55.2 Å². The molecule has 2 aliphatic heterocycles. The fraction of sp³-hybridized carbons (Fsp3) is 0.346. The predicted octanol–water partition coefficient (Wildman–Crippen LogP) is 2.30. The van der Waals surface area contributed by atoms with Gasteiger partial charge in [0.1, 0.15) is 0 Å². The highest BCUT2D eigenvalue weighted by atomic mass is 16.3. The summed E-state index contributed by atoms with van der Waals surface area (Å²) < 4.78 is 0. The molecule has 3 aromatic rings. The Morgan fingerprint density at radius 1 is 1.14 bits per heavy atom. The van der Waals surface area contributed by atoms with E-state index in [4.69, 9.17) is 16.6 Å². The molecule has 2 unspecified atom stereocenters. The molecule has 3 heterocycles. The molecule has 1 amide bonds. The number of rotatable bonds is 5. The predicted molar refractivity (Wildman–Crippen MR) is 139 cm³/mol. The molecule has 188 valence electrons. The third kappa shape index (κ3) is 4.83. The molecule has 10 heteroatoms. The number of nitrogens with zero attached hydrogens (tertiary/aromatic N) is 4. The van der Waals surface area contributed by atoms with Crippen molar-refractivity contribution in [2.24, 2.45) is 5.84 Å². The number of hydrogen-bond donors (Lipinski definition) is 5. The zero-order chi connectivity index (χ0) is 25.4. The number of hydrazine groups is 1. The van der Waals surface area contributed by atoms with Crippen LogP contribution in [0.4, 0.5) is 23.0 Å². The van der Waals surface area contributed by atoms with E-state index in [0.29, 0.717) is 48.9 Å². The first kappa shape index (κ1) is 24.0. The van der Waals surface area contributed by atoms with Crippen LogP contribution >= 0.6 is 0 Å². The molecule has 1 saturated heterocycles. The molecule has 0 saturated carbocycles. The van der Waals surface area contributed by atoms with Gasteiger partial charge in [0.05, 0.1) is 23.2 Å². The molecule has 10 nitrogen and oxygen atoms in total. The number of carbonyl (C=O) groups excluding carboxylic acids is 1. The molecule has 2 aliphatic rings. The van der Waals surface area contributed by atoms with Gasteiger partial charge in [-0.3, -0.25) is 15.5 Å². The van der Waals surface area contributed by atoms with Crippen LogP contribution in [0.2, 0.25) is 0 Å². The van der Waals surface area contributed by atoms with Gasteiger partial charge in [-0.05, 0) is 61.7 Å². The fourth-order valence-electron chi connectivity index (χ4n) is 5.19. The number of aliphatic hydroxyl groups is 1. The molecular formula is C26H32N8O2. The topological polar surface area (TPSA) is 146 Å². The first-order chi connectivity index (χ1) is 17.3. The van der Waals surface area contributed by atoms with Crippen molar-refractivity contribution in [2.45, 2.75) is 45.5 Å². The first-order valence-corrected chi connectivity index (χ1v) is 12.1. The largest absolute Gasteiger partial charge is 0.397 e. The number of benzene rings is 2. The van der Waals surface area contributed by atoms with E-state index in [9.17, 15) is 9.90 Å². The van der Waals surface area contributed by atoms with Crippen molar-refractivity contribution >= 4 is 28.9 Å². The van der Waals surface area contributed by atoms with Crippen LogP contribution in [0, 0.1) is 13.8 Å². The number of anilines is 4. The molecule has 0 radical (unpaired) electrons. The number of nitrogens with one attached hydrogen (secondary N) is 2. The van der Waals surface area contributed by atoms with Gasteiger partial charge in [0.25, 0.3) is 5.91 Å². The van der Waals surface area contributed by atoms with Crippen LogP contribution in [0.25, 0.3) is 0 Å². The van der Waals surface area contributed by atoms with Crippen LogP contribution in [0.3, 0.4) is 0 Å². The maximum atomic E-state index is 13.0. The Bertz CT molecular complexity index is 1280. The zero-order valence-corrected chi connectivity index (χ0v) is 20.5. The maximum absolute atomic E-state index is 13.0. The molecule has 0 spiro atoms. The van der Waals surface area contributed by atoms with Crippen LogP contribution in [-0.2, 0) is 13.1 Å². The van der Waals surface area contributed by atoms with E-state index in [1.807, 2.05) is 6.20 Å². The molecule has 1 aromatic heterocycles. The van der Waals surface area contributed by atoms with Gasteiger partial charge >= 0.3 is 0 Å². The Balaban J connectivity index is 1.22. The number of nitrogens with two attached hydrogens (primary N) is 2. The Hall–Kier alpha value is -3.73. The smallest absolute Gasteiger partial charge is 0.254 e. The van der Waals surface area contributed by atoms with Gasteiger partial charge in [0.2, 0.25) is 5.95 Å². The lowest BCUT2D eigenvalue weighted by Gasteiger charge is -2.40. The van der Waals surface area contributed by atoms with Crippen molar-refractivity contribution in [1.29, 1.82) is 0 Å². The molecule has 2 aromatic carbocycles. The van der Waals surface area contributed by atoms with E-state index in [-0.39, 0.29) is 18.5 Å². The Labute approximate surface area is 210 Å². The minimum absolute atomic E-state index is 0.0621. The quantitative estimate of drug-likeness (QED) is 0.207. The average molecular weight is 489 g/mol. The number of amides is 1. The monoisotopic (exact) mass is 488 g/mol. The normalized spacial score (nSPS) is 19.7. The third-order valence-electron chi connectivity index (χ3n) is 6.91. The van der Waals surface area contributed by atoms with Crippen LogP contribution in [0.15, 0.2) is 42.6 Å². The Kier molecular flexibility index (Phi) is 6.48. The summed E-state index contributed by atoms with van der Waals surface area (Å²) in [5.74, 6) is 5.84. The van der Waals surface area contributed by atoms with Gasteiger partial charge in [-0.1, -0.05) is 6.07 Å². The summed E-state index contributed by atoms with van der Waals surface area (Å²) >= 11 is 0. The lowest BCUT2D eigenvalue weighted by atomic mass is 9.99. The summed E-state index contributed by atoms with van der Waals surface area (Å²) in [7, 11) is 0. The second-order valence-electron chi connectivity index (χ2n) is 9.69. The van der Waals surface area contributed by atoms with Gasteiger partial charge < -0.3 is 26.5 Å². The number of aryl methyl sites for hydroxylation is 2. The summed E-state index contributed by atoms with van der Waals surface area (Å²) in [5.41, 5.74) is 15.3. The summed E-state index contributed by atoms with van der Waals surface area (Å²) in [4.78, 5) is 26.2. The number of nitrogen functional groups attached to an aromatic ring is 2. The maximum Gasteiger partial charge on any atom is 0.254 e. The molecule has 0 bridgehead atoms. The number of piperidine rings is 1. The number of fused-ring (bicyclic) bond motifs is 1. The second kappa shape index (κ2) is 9.73. The van der Waals surface area contributed by atoms with Crippen molar-refractivity contribution in [2.75, 3.05) is 29.6 Å². The van der Waals surface area contributed by atoms with Crippen LogP contribution in [-0.4, -0.2) is 56.0 Å². The minimum Gasteiger partial charge on any atom is -0.397 e. The number of carbonyl (C=O) groups is 1. The summed E-state index contributed by atoms with van der Waals surface area (Å²) in [6.07, 6.45) is 1.86. The molecule has 7 N–H and O–H groups in total. The van der Waals surface area contributed by atoms with Crippen LogP contribution in [0.1, 0.15) is 39.2 Å². The van der Waals surface area contributed by atoms with E-state index in [1.54, 1.807) is 23.1 Å². The fourth-order valence-corrected chi connectivity index (χ4v) is 5.19. The average Bonchev–Trinajstić information content (AvgIpc) is 3.26. The van der Waals surface area contributed by atoms with Gasteiger partial charge in [-0.2, -0.15) is 0 Å². The van der Waals surface area contributed by atoms with E-state index < -0.39 is 6.10 Å². The lowest BCUT2D eigenvalue weighted by molar-refractivity contribution is -0.0110. The highest BCUT2D eigenvalue weighted by molar-refractivity contribution is 5.96. The zero-order valence-electron chi connectivity index (χ0n) is 20.5.